The highest BCUT2D eigenvalue weighted by Gasteiger charge is 2.13. The summed E-state index contributed by atoms with van der Waals surface area (Å²) in [5, 5.41) is 13.6. The van der Waals surface area contributed by atoms with Crippen LogP contribution in [0.1, 0.15) is 69.4 Å². The van der Waals surface area contributed by atoms with Gasteiger partial charge < -0.3 is 20.5 Å². The van der Waals surface area contributed by atoms with Crippen LogP contribution in [0.3, 0.4) is 0 Å². The van der Waals surface area contributed by atoms with Gasteiger partial charge in [-0.2, -0.15) is 0 Å². The van der Waals surface area contributed by atoms with Gasteiger partial charge in [0.15, 0.2) is 11.7 Å². The monoisotopic (exact) mass is 399 g/mol. The number of aromatic nitrogens is 1. The largest absolute Gasteiger partial charge is 0.359 e. The van der Waals surface area contributed by atoms with Crippen LogP contribution in [-0.4, -0.2) is 24.1 Å². The molecule has 0 radical (unpaired) electrons. The first-order valence-corrected chi connectivity index (χ1v) is 10.4. The van der Waals surface area contributed by atoms with Crippen molar-refractivity contribution in [3.8, 4) is 0 Å². The fourth-order valence-corrected chi connectivity index (χ4v) is 3.10. The molecule has 0 aliphatic rings. The Bertz CT molecular complexity index is 796. The molecule has 2 rings (SSSR count). The highest BCUT2D eigenvalue weighted by Crippen LogP contribution is 2.22. The highest BCUT2D eigenvalue weighted by atomic mass is 16.5. The third-order valence-electron chi connectivity index (χ3n) is 4.78. The molecule has 7 heteroatoms. The van der Waals surface area contributed by atoms with Gasteiger partial charge in [-0.05, 0) is 37.0 Å². The quantitative estimate of drug-likeness (QED) is 0.412. The van der Waals surface area contributed by atoms with E-state index in [4.69, 9.17) is 4.52 Å². The van der Waals surface area contributed by atoms with Crippen LogP contribution in [0.5, 0.6) is 0 Å². The lowest BCUT2D eigenvalue weighted by molar-refractivity contribution is -0.116. The number of guanidine groups is 1. The molecule has 0 saturated carbocycles. The van der Waals surface area contributed by atoms with Gasteiger partial charge in [0.2, 0.25) is 5.91 Å². The van der Waals surface area contributed by atoms with Gasteiger partial charge in [-0.25, -0.2) is 0 Å². The summed E-state index contributed by atoms with van der Waals surface area (Å²) < 4.78 is 5.44. The van der Waals surface area contributed by atoms with Gasteiger partial charge >= 0.3 is 0 Å². The van der Waals surface area contributed by atoms with Crippen molar-refractivity contribution in [2.75, 3.05) is 12.4 Å². The zero-order valence-electron chi connectivity index (χ0n) is 17.9. The number of amides is 1. The first kappa shape index (κ1) is 22.5. The van der Waals surface area contributed by atoms with E-state index in [0.717, 1.165) is 42.0 Å². The summed E-state index contributed by atoms with van der Waals surface area (Å²) in [7, 11) is 1.73. The molecule has 0 bridgehead atoms. The van der Waals surface area contributed by atoms with Crippen LogP contribution in [0, 0.1) is 0 Å². The molecule has 7 nitrogen and oxygen atoms in total. The maximum atomic E-state index is 11.8. The average molecular weight is 400 g/mol. The first-order chi connectivity index (χ1) is 14.1. The summed E-state index contributed by atoms with van der Waals surface area (Å²) in [6.07, 6.45) is 3.47. The van der Waals surface area contributed by atoms with E-state index in [2.05, 4.69) is 39.9 Å². The second kappa shape index (κ2) is 11.9. The maximum absolute atomic E-state index is 11.8. The minimum absolute atomic E-state index is 0.0369. The van der Waals surface area contributed by atoms with Crippen LogP contribution in [0.4, 0.5) is 5.69 Å². The maximum Gasteiger partial charge on any atom is 0.224 e. The fraction of sp³-hybridized carbons (Fsp3) is 0.500. The number of hydrogen-bond acceptors (Lipinski definition) is 4. The normalized spacial score (nSPS) is 11.6. The number of benzene rings is 1. The number of carbonyl (C=O) groups excluding carboxylic acids is 1. The number of nitrogens with one attached hydrogen (secondary N) is 3. The van der Waals surface area contributed by atoms with E-state index >= 15 is 0 Å². The molecular formula is C22H33N5O2. The predicted molar refractivity (Wildman–Crippen MR) is 117 cm³/mol. The molecule has 29 heavy (non-hydrogen) atoms. The Balaban J connectivity index is 1.86. The minimum atomic E-state index is 0.0369. The average Bonchev–Trinajstić information content (AvgIpc) is 3.18. The van der Waals surface area contributed by atoms with Crippen molar-refractivity contribution in [1.29, 1.82) is 0 Å². The van der Waals surface area contributed by atoms with E-state index in [0.29, 0.717) is 31.4 Å². The molecule has 0 fully saturated rings. The van der Waals surface area contributed by atoms with Gasteiger partial charge in [-0.1, -0.05) is 38.1 Å². The number of anilines is 1. The molecule has 0 saturated heterocycles. The van der Waals surface area contributed by atoms with Crippen molar-refractivity contribution in [3.05, 3.63) is 47.3 Å². The SMILES string of the molecule is CCCC(=O)Nc1cccc(CNC(=NC)NCc2cc(C(CC)CC)no2)c1. The van der Waals surface area contributed by atoms with Crippen molar-refractivity contribution in [3.63, 3.8) is 0 Å². The van der Waals surface area contributed by atoms with Crippen molar-refractivity contribution < 1.29 is 9.32 Å². The summed E-state index contributed by atoms with van der Waals surface area (Å²) in [5.41, 5.74) is 2.87. The lowest BCUT2D eigenvalue weighted by Crippen LogP contribution is -2.36. The molecule has 0 aliphatic carbocycles. The van der Waals surface area contributed by atoms with Crippen molar-refractivity contribution in [2.24, 2.45) is 4.99 Å². The molecule has 158 valence electrons. The fourth-order valence-electron chi connectivity index (χ4n) is 3.10. The van der Waals surface area contributed by atoms with Gasteiger partial charge in [0.05, 0.1) is 12.2 Å². The second-order valence-corrected chi connectivity index (χ2v) is 7.01. The molecule has 0 unspecified atom stereocenters. The van der Waals surface area contributed by atoms with Gasteiger partial charge in [0.25, 0.3) is 0 Å². The molecule has 0 spiro atoms. The molecular weight excluding hydrogens is 366 g/mol. The number of carbonyl (C=O) groups is 1. The summed E-state index contributed by atoms with van der Waals surface area (Å²) in [6.45, 7) is 7.42. The van der Waals surface area contributed by atoms with E-state index in [1.54, 1.807) is 7.05 Å². The molecule has 1 aromatic carbocycles. The van der Waals surface area contributed by atoms with Crippen LogP contribution in [0.25, 0.3) is 0 Å². The summed E-state index contributed by atoms with van der Waals surface area (Å²) >= 11 is 0. The standard InChI is InChI=1S/C22H33N5O2/c1-5-9-21(28)26-18-11-8-10-16(12-18)14-24-22(23-4)25-15-19-13-20(27-29-19)17(6-2)7-3/h8,10-13,17H,5-7,9,14-15H2,1-4H3,(H,26,28)(H2,23,24,25). The molecule has 1 aromatic heterocycles. The second-order valence-electron chi connectivity index (χ2n) is 7.01. The lowest BCUT2D eigenvalue weighted by Gasteiger charge is -2.12. The molecule has 2 aromatic rings. The van der Waals surface area contributed by atoms with E-state index in [1.807, 2.05) is 37.3 Å². The van der Waals surface area contributed by atoms with E-state index in [-0.39, 0.29) is 5.91 Å². The number of rotatable bonds is 10. The Morgan fingerprint density at radius 1 is 1.14 bits per heavy atom. The van der Waals surface area contributed by atoms with Crippen LogP contribution in [0.15, 0.2) is 39.8 Å². The third-order valence-corrected chi connectivity index (χ3v) is 4.78. The Kier molecular flexibility index (Phi) is 9.21. The zero-order valence-corrected chi connectivity index (χ0v) is 17.9. The van der Waals surface area contributed by atoms with Crippen molar-refractivity contribution >= 4 is 17.6 Å². The smallest absolute Gasteiger partial charge is 0.224 e. The molecule has 0 aliphatic heterocycles. The number of nitrogens with zero attached hydrogens (tertiary/aromatic N) is 2. The van der Waals surface area contributed by atoms with Crippen molar-refractivity contribution in [1.82, 2.24) is 15.8 Å². The Labute approximate surface area is 173 Å². The zero-order chi connectivity index (χ0) is 21.1. The Morgan fingerprint density at radius 2 is 1.90 bits per heavy atom. The predicted octanol–water partition coefficient (Wildman–Crippen LogP) is 4.18. The van der Waals surface area contributed by atoms with Crippen LogP contribution in [-0.2, 0) is 17.9 Å². The Hall–Kier alpha value is -2.83. The Morgan fingerprint density at radius 3 is 2.59 bits per heavy atom. The van der Waals surface area contributed by atoms with Crippen LogP contribution >= 0.6 is 0 Å². The molecule has 0 atom stereocenters. The van der Waals surface area contributed by atoms with Gasteiger partial charge in [-0.15, -0.1) is 0 Å². The summed E-state index contributed by atoms with van der Waals surface area (Å²) in [4.78, 5) is 16.0. The summed E-state index contributed by atoms with van der Waals surface area (Å²) in [6, 6.07) is 9.81. The van der Waals surface area contributed by atoms with Gasteiger partial charge in [0.1, 0.15) is 0 Å². The summed E-state index contributed by atoms with van der Waals surface area (Å²) in [5.74, 6) is 1.94. The minimum Gasteiger partial charge on any atom is -0.359 e. The van der Waals surface area contributed by atoms with Gasteiger partial charge in [-0.3, -0.25) is 9.79 Å². The number of hydrogen-bond donors (Lipinski definition) is 3. The lowest BCUT2D eigenvalue weighted by atomic mass is 9.99. The van der Waals surface area contributed by atoms with E-state index in [1.165, 1.54) is 0 Å². The van der Waals surface area contributed by atoms with E-state index in [9.17, 15) is 4.79 Å². The van der Waals surface area contributed by atoms with Crippen LogP contribution < -0.4 is 16.0 Å². The highest BCUT2D eigenvalue weighted by molar-refractivity contribution is 5.90. The topological polar surface area (TPSA) is 91.5 Å². The molecule has 1 amide bonds. The first-order valence-electron chi connectivity index (χ1n) is 10.4. The van der Waals surface area contributed by atoms with Gasteiger partial charge in [0, 0.05) is 37.7 Å². The number of aliphatic imine (C=N–C) groups is 1. The third kappa shape index (κ3) is 7.25. The van der Waals surface area contributed by atoms with E-state index < -0.39 is 0 Å². The molecule has 3 N–H and O–H groups in total. The van der Waals surface area contributed by atoms with Crippen LogP contribution in [0.2, 0.25) is 0 Å². The molecule has 1 heterocycles. The van der Waals surface area contributed by atoms with Crippen molar-refractivity contribution in [2.45, 2.75) is 65.5 Å².